The van der Waals surface area contributed by atoms with Crippen LogP contribution in [-0.4, -0.2) is 34.9 Å². The van der Waals surface area contributed by atoms with Gasteiger partial charge in [0.1, 0.15) is 17.9 Å². The molecule has 4 rings (SSSR count). The zero-order valence-electron chi connectivity index (χ0n) is 15.0. The van der Waals surface area contributed by atoms with Gasteiger partial charge in [-0.2, -0.15) is 0 Å². The Morgan fingerprint density at radius 2 is 1.85 bits per heavy atom. The van der Waals surface area contributed by atoms with E-state index in [1.807, 2.05) is 24.3 Å². The number of para-hydroxylation sites is 1. The van der Waals surface area contributed by atoms with Crippen molar-refractivity contribution in [3.05, 3.63) is 71.2 Å². The predicted octanol–water partition coefficient (Wildman–Crippen LogP) is 3.34. The maximum absolute atomic E-state index is 14.7. The maximum atomic E-state index is 14.7. The first-order chi connectivity index (χ1) is 13.0. The highest BCUT2D eigenvalue weighted by Gasteiger charge is 2.43. The van der Waals surface area contributed by atoms with Gasteiger partial charge in [-0.3, -0.25) is 4.79 Å². The predicted molar refractivity (Wildman–Crippen MR) is 98.6 cm³/mol. The van der Waals surface area contributed by atoms with Gasteiger partial charge in [-0.15, -0.1) is 0 Å². The summed E-state index contributed by atoms with van der Waals surface area (Å²) in [4.78, 5) is 29.8. The molecule has 2 unspecified atom stereocenters. The van der Waals surface area contributed by atoms with Gasteiger partial charge in [-0.1, -0.05) is 36.4 Å². The van der Waals surface area contributed by atoms with Gasteiger partial charge in [0.25, 0.3) is 0 Å². The lowest BCUT2D eigenvalue weighted by atomic mass is 9.87. The van der Waals surface area contributed by atoms with Gasteiger partial charge < -0.3 is 14.6 Å². The maximum Gasteiger partial charge on any atom is 0.328 e. The second-order valence-corrected chi connectivity index (χ2v) is 6.66. The van der Waals surface area contributed by atoms with E-state index in [1.54, 1.807) is 18.2 Å². The minimum absolute atomic E-state index is 0.316. The fourth-order valence-corrected chi connectivity index (χ4v) is 4.02. The quantitative estimate of drug-likeness (QED) is 0.708. The third-order valence-electron chi connectivity index (χ3n) is 5.17. The molecule has 0 saturated heterocycles. The Morgan fingerprint density at radius 1 is 1.15 bits per heavy atom. The van der Waals surface area contributed by atoms with Crippen molar-refractivity contribution in [2.24, 2.45) is 0 Å². The van der Waals surface area contributed by atoms with Gasteiger partial charge in [0.15, 0.2) is 0 Å². The Morgan fingerprint density at radius 3 is 2.56 bits per heavy atom. The van der Waals surface area contributed by atoms with Crippen molar-refractivity contribution < 1.29 is 18.7 Å². The summed E-state index contributed by atoms with van der Waals surface area (Å²) in [5.74, 6) is -1.26. The Kier molecular flexibility index (Phi) is 4.18. The minimum atomic E-state index is -0.816. The van der Waals surface area contributed by atoms with Crippen molar-refractivity contribution in [1.82, 2.24) is 9.88 Å². The second-order valence-electron chi connectivity index (χ2n) is 6.66. The summed E-state index contributed by atoms with van der Waals surface area (Å²) in [6.07, 6.45) is 0.316. The molecule has 0 radical (unpaired) electrons. The van der Waals surface area contributed by atoms with Crippen LogP contribution in [0.3, 0.4) is 0 Å². The van der Waals surface area contributed by atoms with Gasteiger partial charge in [0.2, 0.25) is 5.91 Å². The summed E-state index contributed by atoms with van der Waals surface area (Å²) in [7, 11) is 1.30. The molecule has 5 nitrogen and oxygen atoms in total. The smallest absolute Gasteiger partial charge is 0.328 e. The molecule has 1 aliphatic heterocycles. The lowest BCUT2D eigenvalue weighted by Gasteiger charge is -2.40. The summed E-state index contributed by atoms with van der Waals surface area (Å²) >= 11 is 0. The van der Waals surface area contributed by atoms with E-state index >= 15 is 0 Å². The number of ether oxygens (including phenoxy) is 1. The van der Waals surface area contributed by atoms with Crippen molar-refractivity contribution in [2.45, 2.75) is 25.4 Å². The number of benzene rings is 2. The number of halogens is 1. The topological polar surface area (TPSA) is 62.4 Å². The van der Waals surface area contributed by atoms with Crippen LogP contribution in [0.2, 0.25) is 0 Å². The monoisotopic (exact) mass is 366 g/mol. The molecule has 2 atom stereocenters. The molecule has 3 aromatic rings. The van der Waals surface area contributed by atoms with Crippen molar-refractivity contribution in [3.8, 4) is 0 Å². The van der Waals surface area contributed by atoms with Crippen molar-refractivity contribution >= 4 is 22.8 Å². The molecule has 0 fully saturated rings. The molecule has 2 aromatic carbocycles. The molecule has 0 saturated carbocycles. The largest absolute Gasteiger partial charge is 0.467 e. The summed E-state index contributed by atoms with van der Waals surface area (Å²) in [5, 5.41) is 0.964. The standard InChI is InChI=1S/C21H19FN2O3/c1-12(25)24-18(21(26)27-2)11-15-13-7-4-6-10-17(13)23-19(15)20(24)14-8-3-5-9-16(14)22/h3-10,18,20,23H,11H2,1-2H3. The molecule has 27 heavy (non-hydrogen) atoms. The summed E-state index contributed by atoms with van der Waals surface area (Å²) in [6, 6.07) is 12.5. The molecule has 0 bridgehead atoms. The Labute approximate surface area is 155 Å². The average Bonchev–Trinajstić information content (AvgIpc) is 3.05. The van der Waals surface area contributed by atoms with Crippen molar-refractivity contribution in [1.29, 1.82) is 0 Å². The first kappa shape index (κ1) is 17.3. The van der Waals surface area contributed by atoms with Crippen LogP contribution >= 0.6 is 0 Å². The van der Waals surface area contributed by atoms with E-state index in [1.165, 1.54) is 25.0 Å². The average molecular weight is 366 g/mol. The van der Waals surface area contributed by atoms with Crippen LogP contribution in [0.4, 0.5) is 4.39 Å². The Hall–Kier alpha value is -3.15. The van der Waals surface area contributed by atoms with E-state index in [4.69, 9.17) is 4.74 Å². The first-order valence-electron chi connectivity index (χ1n) is 8.73. The van der Waals surface area contributed by atoms with E-state index in [0.717, 1.165) is 22.2 Å². The number of carbonyl (C=O) groups is 2. The molecule has 138 valence electrons. The molecule has 6 heteroatoms. The number of carbonyl (C=O) groups excluding carboxylic acids is 2. The molecule has 0 spiro atoms. The zero-order valence-corrected chi connectivity index (χ0v) is 15.0. The molecule has 0 aliphatic carbocycles. The molecule has 1 amide bonds. The van der Waals surface area contributed by atoms with Crippen LogP contribution in [-0.2, 0) is 20.7 Å². The van der Waals surface area contributed by atoms with Gasteiger partial charge >= 0.3 is 5.97 Å². The van der Waals surface area contributed by atoms with Crippen LogP contribution in [0.1, 0.15) is 29.8 Å². The summed E-state index contributed by atoms with van der Waals surface area (Å²) in [5.41, 5.74) is 2.87. The SMILES string of the molecule is COC(=O)C1Cc2c([nH]c3ccccc23)C(c2ccccc2F)N1C(C)=O. The van der Waals surface area contributed by atoms with E-state index in [0.29, 0.717) is 12.0 Å². The van der Waals surface area contributed by atoms with E-state index in [2.05, 4.69) is 4.98 Å². The molecular formula is C21H19FN2O3. The fourth-order valence-electron chi connectivity index (χ4n) is 4.02. The number of hydrogen-bond donors (Lipinski definition) is 1. The van der Waals surface area contributed by atoms with Crippen LogP contribution in [0.25, 0.3) is 10.9 Å². The van der Waals surface area contributed by atoms with Gasteiger partial charge in [0.05, 0.1) is 7.11 Å². The zero-order chi connectivity index (χ0) is 19.1. The normalized spacial score (nSPS) is 19.0. The van der Waals surface area contributed by atoms with Crippen LogP contribution < -0.4 is 0 Å². The molecule has 1 N–H and O–H groups in total. The number of hydrogen-bond acceptors (Lipinski definition) is 3. The first-order valence-corrected chi connectivity index (χ1v) is 8.73. The number of methoxy groups -OCH3 is 1. The van der Waals surface area contributed by atoms with Crippen LogP contribution in [0.5, 0.6) is 0 Å². The fraction of sp³-hybridized carbons (Fsp3) is 0.238. The van der Waals surface area contributed by atoms with Gasteiger partial charge in [0, 0.05) is 35.5 Å². The number of fused-ring (bicyclic) bond motifs is 3. The summed E-state index contributed by atoms with van der Waals surface area (Å²) in [6.45, 7) is 1.39. The number of aromatic amines is 1. The van der Waals surface area contributed by atoms with Crippen molar-refractivity contribution in [2.75, 3.05) is 7.11 Å². The number of esters is 1. The third kappa shape index (κ3) is 2.68. The van der Waals surface area contributed by atoms with Gasteiger partial charge in [-0.25, -0.2) is 9.18 Å². The number of aromatic nitrogens is 1. The highest BCUT2D eigenvalue weighted by atomic mass is 19.1. The number of nitrogens with zero attached hydrogens (tertiary/aromatic N) is 1. The van der Waals surface area contributed by atoms with Gasteiger partial charge in [-0.05, 0) is 17.7 Å². The minimum Gasteiger partial charge on any atom is -0.467 e. The highest BCUT2D eigenvalue weighted by molar-refractivity contribution is 5.90. The Balaban J connectivity index is 2.01. The van der Waals surface area contributed by atoms with E-state index < -0.39 is 23.9 Å². The van der Waals surface area contributed by atoms with Crippen LogP contribution in [0.15, 0.2) is 48.5 Å². The number of rotatable bonds is 2. The summed E-state index contributed by atoms with van der Waals surface area (Å²) < 4.78 is 19.7. The molecule has 1 aromatic heterocycles. The lowest BCUT2D eigenvalue weighted by Crippen LogP contribution is -2.51. The van der Waals surface area contributed by atoms with Crippen molar-refractivity contribution in [3.63, 3.8) is 0 Å². The second kappa shape index (κ2) is 6.54. The molecule has 2 heterocycles. The third-order valence-corrected chi connectivity index (χ3v) is 5.17. The Bertz CT molecular complexity index is 1040. The van der Waals surface area contributed by atoms with E-state index in [-0.39, 0.29) is 5.91 Å². The van der Waals surface area contributed by atoms with Crippen LogP contribution in [0, 0.1) is 5.82 Å². The number of nitrogens with one attached hydrogen (secondary N) is 1. The molecule has 1 aliphatic rings. The highest BCUT2D eigenvalue weighted by Crippen LogP contribution is 2.41. The lowest BCUT2D eigenvalue weighted by molar-refractivity contribution is -0.154. The molecular weight excluding hydrogens is 347 g/mol. The number of amides is 1. The number of H-pyrrole nitrogens is 1. The van der Waals surface area contributed by atoms with E-state index in [9.17, 15) is 14.0 Å².